The molecule has 1 heterocycles. The van der Waals surface area contributed by atoms with E-state index in [2.05, 4.69) is 24.0 Å². The standard InChI is InChI=1S/C14H19ClN2/c1-9(16)8-17-13-4-2-3-11(13)12-6-5-10(15)7-14(12)17/h5-7,9,11,13H,2-4,8,16H2,1H3/t9-,11-,13-/m0/s1. The van der Waals surface area contributed by atoms with Gasteiger partial charge in [0.1, 0.15) is 0 Å². The average molecular weight is 251 g/mol. The smallest absolute Gasteiger partial charge is 0.0426 e. The lowest BCUT2D eigenvalue weighted by atomic mass is 9.98. The monoisotopic (exact) mass is 250 g/mol. The maximum Gasteiger partial charge on any atom is 0.0426 e. The molecular weight excluding hydrogens is 232 g/mol. The minimum absolute atomic E-state index is 0.209. The van der Waals surface area contributed by atoms with Crippen LogP contribution in [0.2, 0.25) is 5.02 Å². The second-order valence-electron chi connectivity index (χ2n) is 5.44. The van der Waals surface area contributed by atoms with Crippen molar-refractivity contribution >= 4 is 17.3 Å². The van der Waals surface area contributed by atoms with Gasteiger partial charge in [0.25, 0.3) is 0 Å². The largest absolute Gasteiger partial charge is 0.366 e. The highest BCUT2D eigenvalue weighted by Gasteiger charge is 2.41. The first kappa shape index (κ1) is 11.4. The molecule has 1 saturated carbocycles. The highest BCUT2D eigenvalue weighted by Crippen LogP contribution is 2.49. The molecule has 92 valence electrons. The Bertz CT molecular complexity index is 430. The molecule has 3 heteroatoms. The third kappa shape index (κ3) is 1.84. The number of hydrogen-bond donors (Lipinski definition) is 1. The van der Waals surface area contributed by atoms with Crippen LogP contribution in [-0.2, 0) is 0 Å². The summed E-state index contributed by atoms with van der Waals surface area (Å²) < 4.78 is 0. The fourth-order valence-electron chi connectivity index (χ4n) is 3.48. The zero-order chi connectivity index (χ0) is 12.0. The van der Waals surface area contributed by atoms with Crippen molar-refractivity contribution in [1.29, 1.82) is 0 Å². The third-order valence-corrected chi connectivity index (χ3v) is 4.30. The Morgan fingerprint density at radius 3 is 3.06 bits per heavy atom. The van der Waals surface area contributed by atoms with Crippen LogP contribution >= 0.6 is 11.6 Å². The highest BCUT2D eigenvalue weighted by molar-refractivity contribution is 6.30. The average Bonchev–Trinajstić information content (AvgIpc) is 2.82. The molecular formula is C14H19ClN2. The van der Waals surface area contributed by atoms with Gasteiger partial charge in [-0.05, 0) is 37.5 Å². The quantitative estimate of drug-likeness (QED) is 0.874. The maximum absolute atomic E-state index is 6.12. The Hall–Kier alpha value is -0.730. The predicted octanol–water partition coefficient (Wildman–Crippen LogP) is 3.14. The summed E-state index contributed by atoms with van der Waals surface area (Å²) in [6.07, 6.45) is 3.95. The Morgan fingerprint density at radius 1 is 1.47 bits per heavy atom. The number of rotatable bonds is 2. The summed E-state index contributed by atoms with van der Waals surface area (Å²) in [6.45, 7) is 3.01. The van der Waals surface area contributed by atoms with Crippen LogP contribution in [0.15, 0.2) is 18.2 Å². The minimum Gasteiger partial charge on any atom is -0.366 e. The molecule has 0 aromatic heterocycles. The van der Waals surface area contributed by atoms with Gasteiger partial charge in [-0.25, -0.2) is 0 Å². The van der Waals surface area contributed by atoms with E-state index < -0.39 is 0 Å². The van der Waals surface area contributed by atoms with E-state index in [0.717, 1.165) is 11.6 Å². The lowest BCUT2D eigenvalue weighted by Gasteiger charge is -2.28. The van der Waals surface area contributed by atoms with Gasteiger partial charge in [-0.3, -0.25) is 0 Å². The van der Waals surface area contributed by atoms with E-state index in [1.807, 2.05) is 6.07 Å². The van der Waals surface area contributed by atoms with Crippen molar-refractivity contribution in [2.45, 2.75) is 44.2 Å². The molecule has 1 aliphatic carbocycles. The molecule has 2 aliphatic rings. The summed E-state index contributed by atoms with van der Waals surface area (Å²) in [5.74, 6) is 0.709. The van der Waals surface area contributed by atoms with Crippen molar-refractivity contribution in [2.24, 2.45) is 5.73 Å². The lowest BCUT2D eigenvalue weighted by Crippen LogP contribution is -2.40. The number of nitrogens with zero attached hydrogens (tertiary/aromatic N) is 1. The summed E-state index contributed by atoms with van der Waals surface area (Å²) in [5.41, 5.74) is 8.78. The predicted molar refractivity (Wildman–Crippen MR) is 72.8 cm³/mol. The molecule has 0 radical (unpaired) electrons. The van der Waals surface area contributed by atoms with Crippen LogP contribution in [0, 0.1) is 0 Å². The molecule has 1 aromatic rings. The number of anilines is 1. The van der Waals surface area contributed by atoms with Gasteiger partial charge >= 0.3 is 0 Å². The molecule has 1 aliphatic heterocycles. The van der Waals surface area contributed by atoms with Crippen molar-refractivity contribution in [1.82, 2.24) is 0 Å². The van der Waals surface area contributed by atoms with Crippen LogP contribution in [0.3, 0.4) is 0 Å². The van der Waals surface area contributed by atoms with Gasteiger partial charge in [-0.15, -0.1) is 0 Å². The molecule has 17 heavy (non-hydrogen) atoms. The van der Waals surface area contributed by atoms with E-state index in [4.69, 9.17) is 17.3 Å². The number of hydrogen-bond acceptors (Lipinski definition) is 2. The molecule has 0 saturated heterocycles. The third-order valence-electron chi connectivity index (χ3n) is 4.07. The molecule has 0 amide bonds. The maximum atomic E-state index is 6.12. The Labute approximate surface area is 108 Å². The van der Waals surface area contributed by atoms with Crippen molar-refractivity contribution in [3.8, 4) is 0 Å². The summed E-state index contributed by atoms with van der Waals surface area (Å²) >= 11 is 6.12. The SMILES string of the molecule is C[C@H](N)CN1c2cc(Cl)ccc2[C@@H]2CCC[C@@H]21. The lowest BCUT2D eigenvalue weighted by molar-refractivity contribution is 0.562. The van der Waals surface area contributed by atoms with Crippen LogP contribution in [-0.4, -0.2) is 18.6 Å². The Kier molecular flexibility index (Phi) is 2.80. The van der Waals surface area contributed by atoms with Gasteiger partial charge in [-0.1, -0.05) is 24.1 Å². The van der Waals surface area contributed by atoms with Crippen LogP contribution < -0.4 is 10.6 Å². The van der Waals surface area contributed by atoms with Crippen LogP contribution in [0.25, 0.3) is 0 Å². The fraction of sp³-hybridized carbons (Fsp3) is 0.571. The second kappa shape index (κ2) is 4.18. The van der Waals surface area contributed by atoms with E-state index in [1.165, 1.54) is 30.5 Å². The molecule has 1 aromatic carbocycles. The van der Waals surface area contributed by atoms with E-state index in [-0.39, 0.29) is 6.04 Å². The zero-order valence-corrected chi connectivity index (χ0v) is 11.0. The summed E-state index contributed by atoms with van der Waals surface area (Å²) in [7, 11) is 0. The van der Waals surface area contributed by atoms with Crippen LogP contribution in [0.4, 0.5) is 5.69 Å². The highest BCUT2D eigenvalue weighted by atomic mass is 35.5. The van der Waals surface area contributed by atoms with E-state index in [9.17, 15) is 0 Å². The minimum atomic E-state index is 0.209. The van der Waals surface area contributed by atoms with Gasteiger partial charge in [0.05, 0.1) is 0 Å². The van der Waals surface area contributed by atoms with E-state index >= 15 is 0 Å². The zero-order valence-electron chi connectivity index (χ0n) is 10.2. The molecule has 0 spiro atoms. The summed E-state index contributed by atoms with van der Waals surface area (Å²) in [6, 6.07) is 7.21. The molecule has 0 bridgehead atoms. The normalized spacial score (nSPS) is 28.1. The fourth-order valence-corrected chi connectivity index (χ4v) is 3.64. The number of halogens is 1. The molecule has 0 unspecified atom stereocenters. The van der Waals surface area contributed by atoms with Gasteiger partial charge in [0.15, 0.2) is 0 Å². The molecule has 3 atom stereocenters. The number of nitrogens with two attached hydrogens (primary N) is 1. The van der Waals surface area contributed by atoms with Gasteiger partial charge in [0, 0.05) is 35.3 Å². The number of fused-ring (bicyclic) bond motifs is 3. The second-order valence-corrected chi connectivity index (χ2v) is 5.87. The van der Waals surface area contributed by atoms with Gasteiger partial charge in [-0.2, -0.15) is 0 Å². The Balaban J connectivity index is 2.01. The molecule has 2 nitrogen and oxygen atoms in total. The first-order valence-corrected chi connectivity index (χ1v) is 6.86. The number of benzene rings is 1. The van der Waals surface area contributed by atoms with Crippen molar-refractivity contribution < 1.29 is 0 Å². The van der Waals surface area contributed by atoms with Crippen molar-refractivity contribution in [3.05, 3.63) is 28.8 Å². The topological polar surface area (TPSA) is 29.3 Å². The van der Waals surface area contributed by atoms with Crippen LogP contribution in [0.1, 0.15) is 37.7 Å². The first-order chi connectivity index (χ1) is 8.16. The van der Waals surface area contributed by atoms with E-state index in [0.29, 0.717) is 12.0 Å². The summed E-state index contributed by atoms with van der Waals surface area (Å²) in [5, 5.41) is 0.832. The van der Waals surface area contributed by atoms with Crippen molar-refractivity contribution in [2.75, 3.05) is 11.4 Å². The van der Waals surface area contributed by atoms with Gasteiger partial charge < -0.3 is 10.6 Å². The molecule has 3 rings (SSSR count). The Morgan fingerprint density at radius 2 is 2.29 bits per heavy atom. The van der Waals surface area contributed by atoms with E-state index in [1.54, 1.807) is 0 Å². The first-order valence-electron chi connectivity index (χ1n) is 6.48. The molecule has 1 fully saturated rings. The van der Waals surface area contributed by atoms with Gasteiger partial charge in [0.2, 0.25) is 0 Å². The van der Waals surface area contributed by atoms with Crippen LogP contribution in [0.5, 0.6) is 0 Å². The summed E-state index contributed by atoms with van der Waals surface area (Å²) in [4.78, 5) is 2.49. The van der Waals surface area contributed by atoms with Crippen molar-refractivity contribution in [3.63, 3.8) is 0 Å². The molecule has 2 N–H and O–H groups in total.